The Labute approximate surface area is 168 Å². The summed E-state index contributed by atoms with van der Waals surface area (Å²) in [6.07, 6.45) is 2.32. The van der Waals surface area contributed by atoms with Gasteiger partial charge in [-0.05, 0) is 38.1 Å². The van der Waals surface area contributed by atoms with Gasteiger partial charge in [-0.25, -0.2) is 4.98 Å². The van der Waals surface area contributed by atoms with Crippen LogP contribution in [0.4, 0.5) is 5.69 Å². The molecule has 3 heterocycles. The highest BCUT2D eigenvalue weighted by atomic mass is 35.5. The summed E-state index contributed by atoms with van der Waals surface area (Å²) in [6.45, 7) is 6.71. The molecule has 0 amide bonds. The van der Waals surface area contributed by atoms with Crippen molar-refractivity contribution in [2.45, 2.75) is 32.6 Å². The number of morpholine rings is 1. The van der Waals surface area contributed by atoms with Gasteiger partial charge >= 0.3 is 0 Å². The molecule has 1 aliphatic rings. The van der Waals surface area contributed by atoms with Crippen molar-refractivity contribution in [3.63, 3.8) is 0 Å². The lowest BCUT2D eigenvalue weighted by atomic mass is 10.1. The van der Waals surface area contributed by atoms with Crippen molar-refractivity contribution in [1.29, 1.82) is 0 Å². The van der Waals surface area contributed by atoms with E-state index in [1.165, 1.54) is 0 Å². The van der Waals surface area contributed by atoms with Crippen molar-refractivity contribution < 1.29 is 4.74 Å². The molecule has 7 heteroatoms. The van der Waals surface area contributed by atoms with E-state index in [0.29, 0.717) is 15.7 Å². The lowest BCUT2D eigenvalue weighted by molar-refractivity contribution is -0.0707. The molecule has 4 rings (SSSR count). The number of anilines is 1. The molecule has 27 heavy (non-hydrogen) atoms. The van der Waals surface area contributed by atoms with Gasteiger partial charge in [0.2, 0.25) is 0 Å². The molecule has 3 aromatic rings. The second-order valence-electron chi connectivity index (χ2n) is 7.18. The number of nitrogens with two attached hydrogens (primary N) is 1. The number of ether oxygens (including phenoxy) is 1. The summed E-state index contributed by atoms with van der Waals surface area (Å²) in [5.41, 5.74) is 10.5. The van der Waals surface area contributed by atoms with E-state index < -0.39 is 0 Å². The van der Waals surface area contributed by atoms with Crippen LogP contribution in [-0.2, 0) is 11.3 Å². The van der Waals surface area contributed by atoms with Crippen LogP contribution in [0.3, 0.4) is 0 Å². The summed E-state index contributed by atoms with van der Waals surface area (Å²) in [5, 5.41) is 1.05. The number of nitrogen functional groups attached to an aromatic ring is 1. The van der Waals surface area contributed by atoms with Crippen molar-refractivity contribution >= 4 is 34.5 Å². The van der Waals surface area contributed by atoms with Crippen LogP contribution in [0.25, 0.3) is 16.9 Å². The summed E-state index contributed by atoms with van der Waals surface area (Å²) in [7, 11) is 0. The smallest absolute Gasteiger partial charge is 0.137 e. The lowest BCUT2D eigenvalue weighted by Gasteiger charge is -2.35. The number of nitrogens with zero attached hydrogens (tertiary/aromatic N) is 3. The van der Waals surface area contributed by atoms with Crippen LogP contribution in [0, 0.1) is 0 Å². The van der Waals surface area contributed by atoms with Crippen molar-refractivity contribution in [3.8, 4) is 11.3 Å². The summed E-state index contributed by atoms with van der Waals surface area (Å²) in [4.78, 5) is 7.24. The van der Waals surface area contributed by atoms with Crippen molar-refractivity contribution in [2.75, 3.05) is 18.8 Å². The Morgan fingerprint density at radius 3 is 2.56 bits per heavy atom. The first-order valence-corrected chi connectivity index (χ1v) is 9.76. The zero-order valence-electron chi connectivity index (χ0n) is 15.3. The highest BCUT2D eigenvalue weighted by Gasteiger charge is 2.25. The van der Waals surface area contributed by atoms with Gasteiger partial charge in [-0.2, -0.15) is 0 Å². The Bertz CT molecular complexity index is 978. The van der Waals surface area contributed by atoms with Crippen LogP contribution >= 0.6 is 23.2 Å². The monoisotopic (exact) mass is 404 g/mol. The van der Waals surface area contributed by atoms with Gasteiger partial charge in [0.1, 0.15) is 5.65 Å². The molecule has 1 aliphatic heterocycles. The van der Waals surface area contributed by atoms with Crippen molar-refractivity contribution in [1.82, 2.24) is 14.3 Å². The molecule has 0 saturated carbocycles. The molecule has 0 aliphatic carbocycles. The van der Waals surface area contributed by atoms with Gasteiger partial charge in [-0.3, -0.25) is 4.90 Å². The molecule has 142 valence electrons. The van der Waals surface area contributed by atoms with E-state index in [0.717, 1.165) is 42.2 Å². The normalized spacial score (nSPS) is 21.0. The van der Waals surface area contributed by atoms with E-state index in [4.69, 9.17) is 38.7 Å². The van der Waals surface area contributed by atoms with E-state index in [1.807, 2.05) is 30.5 Å². The Hall–Kier alpha value is -1.79. The molecular formula is C20H22Cl2N4O. The number of imidazole rings is 1. The molecule has 1 fully saturated rings. The highest BCUT2D eigenvalue weighted by Crippen LogP contribution is 2.32. The van der Waals surface area contributed by atoms with E-state index in [1.54, 1.807) is 6.07 Å². The maximum Gasteiger partial charge on any atom is 0.137 e. The second-order valence-corrected chi connectivity index (χ2v) is 7.99. The number of hydrogen-bond acceptors (Lipinski definition) is 4. The average molecular weight is 405 g/mol. The van der Waals surface area contributed by atoms with E-state index in [-0.39, 0.29) is 12.2 Å². The lowest BCUT2D eigenvalue weighted by Crippen LogP contribution is -2.45. The fraction of sp³-hybridized carbons (Fsp3) is 0.350. The number of benzene rings is 1. The molecular weight excluding hydrogens is 383 g/mol. The third-order valence-corrected chi connectivity index (χ3v) is 5.54. The van der Waals surface area contributed by atoms with Gasteiger partial charge in [0.15, 0.2) is 0 Å². The fourth-order valence-electron chi connectivity index (χ4n) is 3.76. The summed E-state index contributed by atoms with van der Waals surface area (Å²) < 4.78 is 7.94. The Morgan fingerprint density at radius 2 is 1.85 bits per heavy atom. The van der Waals surface area contributed by atoms with Crippen LogP contribution in [0.5, 0.6) is 0 Å². The first kappa shape index (κ1) is 18.6. The third-order valence-electron chi connectivity index (χ3n) is 4.80. The van der Waals surface area contributed by atoms with Gasteiger partial charge in [0.25, 0.3) is 0 Å². The topological polar surface area (TPSA) is 55.8 Å². The predicted molar refractivity (Wildman–Crippen MR) is 110 cm³/mol. The van der Waals surface area contributed by atoms with Gasteiger partial charge in [-0.1, -0.05) is 29.3 Å². The minimum atomic E-state index is 0.200. The SMILES string of the molecule is CC1CN(Cc2c(-c3ccc(Cl)c(Cl)c3)nc3ccc(N)cn23)CC(C)O1. The van der Waals surface area contributed by atoms with E-state index >= 15 is 0 Å². The van der Waals surface area contributed by atoms with Gasteiger partial charge in [0.05, 0.1) is 33.6 Å². The highest BCUT2D eigenvalue weighted by molar-refractivity contribution is 6.42. The zero-order chi connectivity index (χ0) is 19.1. The van der Waals surface area contributed by atoms with Gasteiger partial charge in [0, 0.05) is 37.1 Å². The third kappa shape index (κ3) is 3.78. The van der Waals surface area contributed by atoms with Crippen LogP contribution < -0.4 is 5.73 Å². The van der Waals surface area contributed by atoms with Crippen molar-refractivity contribution in [2.24, 2.45) is 0 Å². The Kier molecular flexibility index (Phi) is 5.03. The average Bonchev–Trinajstić information content (AvgIpc) is 2.94. The fourth-order valence-corrected chi connectivity index (χ4v) is 4.06. The Balaban J connectivity index is 1.81. The molecule has 1 saturated heterocycles. The molecule has 2 atom stereocenters. The molecule has 1 aromatic carbocycles. The largest absolute Gasteiger partial charge is 0.398 e. The standard InChI is InChI=1S/C20H22Cl2N4O/c1-12-8-25(9-13(2)27-12)11-18-20(14-3-5-16(21)17(22)7-14)24-19-6-4-15(23)10-26(18)19/h3-7,10,12-13H,8-9,11,23H2,1-2H3. The summed E-state index contributed by atoms with van der Waals surface area (Å²) in [5.74, 6) is 0. The van der Waals surface area contributed by atoms with Crippen LogP contribution in [0.2, 0.25) is 10.0 Å². The minimum absolute atomic E-state index is 0.200. The first-order valence-electron chi connectivity index (χ1n) is 9.00. The van der Waals surface area contributed by atoms with Gasteiger partial charge in [-0.15, -0.1) is 0 Å². The zero-order valence-corrected chi connectivity index (χ0v) is 16.8. The van der Waals surface area contributed by atoms with Gasteiger partial charge < -0.3 is 14.9 Å². The maximum absolute atomic E-state index is 6.26. The van der Waals surface area contributed by atoms with Crippen molar-refractivity contribution in [3.05, 3.63) is 52.3 Å². The first-order chi connectivity index (χ1) is 12.9. The number of halogens is 2. The molecule has 0 spiro atoms. The van der Waals surface area contributed by atoms with E-state index in [9.17, 15) is 0 Å². The quantitative estimate of drug-likeness (QED) is 0.697. The second kappa shape index (κ2) is 7.32. The number of fused-ring (bicyclic) bond motifs is 1. The van der Waals surface area contributed by atoms with Crippen LogP contribution in [-0.4, -0.2) is 39.6 Å². The van der Waals surface area contributed by atoms with Crippen LogP contribution in [0.1, 0.15) is 19.5 Å². The molecule has 5 nitrogen and oxygen atoms in total. The van der Waals surface area contributed by atoms with Crippen LogP contribution in [0.15, 0.2) is 36.5 Å². The number of pyridine rings is 1. The molecule has 0 bridgehead atoms. The maximum atomic E-state index is 6.26. The Morgan fingerprint density at radius 1 is 1.11 bits per heavy atom. The summed E-state index contributed by atoms with van der Waals surface area (Å²) >= 11 is 12.4. The predicted octanol–water partition coefficient (Wildman–Crippen LogP) is 4.50. The molecule has 2 aromatic heterocycles. The number of hydrogen-bond donors (Lipinski definition) is 1. The van der Waals surface area contributed by atoms with E-state index in [2.05, 4.69) is 23.1 Å². The molecule has 2 unspecified atom stereocenters. The minimum Gasteiger partial charge on any atom is -0.398 e. The number of rotatable bonds is 3. The number of aromatic nitrogens is 2. The molecule has 0 radical (unpaired) electrons. The molecule has 2 N–H and O–H groups in total. The summed E-state index contributed by atoms with van der Waals surface area (Å²) in [6, 6.07) is 9.42.